The van der Waals surface area contributed by atoms with Gasteiger partial charge in [-0.15, -0.1) is 0 Å². The highest BCUT2D eigenvalue weighted by Crippen LogP contribution is 2.29. The molecule has 0 heterocycles. The molecule has 31 heavy (non-hydrogen) atoms. The van der Waals surface area contributed by atoms with Crippen LogP contribution in [0.2, 0.25) is 10.0 Å². The van der Waals surface area contributed by atoms with E-state index in [2.05, 4.69) is 5.32 Å². The Morgan fingerprint density at radius 3 is 2.26 bits per heavy atom. The van der Waals surface area contributed by atoms with Gasteiger partial charge in [0, 0.05) is 11.4 Å². The Morgan fingerprint density at radius 2 is 1.61 bits per heavy atom. The third-order valence-electron chi connectivity index (χ3n) is 4.31. The maximum Gasteiger partial charge on any atom is 0.352 e. The number of carbonyl (C=O) groups excluding carboxylic acids is 1. The van der Waals surface area contributed by atoms with Crippen molar-refractivity contribution in [3.05, 3.63) is 99.7 Å². The molecule has 158 valence electrons. The number of aliphatic carboxylic acids is 1. The Labute approximate surface area is 189 Å². The maximum absolute atomic E-state index is 12.2. The van der Waals surface area contributed by atoms with Gasteiger partial charge in [-0.05, 0) is 60.0 Å². The number of aryl methyl sites for hydroxylation is 1. The zero-order valence-corrected chi connectivity index (χ0v) is 17.9. The molecule has 0 saturated carbocycles. The van der Waals surface area contributed by atoms with E-state index in [4.69, 9.17) is 27.9 Å². The number of amides is 1. The summed E-state index contributed by atoms with van der Waals surface area (Å²) in [6.07, 6.45) is 2.02. The van der Waals surface area contributed by atoms with Crippen molar-refractivity contribution in [3.8, 4) is 11.5 Å². The summed E-state index contributed by atoms with van der Waals surface area (Å²) in [7, 11) is 0. The van der Waals surface area contributed by atoms with Gasteiger partial charge in [0.1, 0.15) is 17.2 Å². The monoisotopic (exact) mass is 455 g/mol. The van der Waals surface area contributed by atoms with Crippen molar-refractivity contribution >= 4 is 41.2 Å². The smallest absolute Gasteiger partial charge is 0.352 e. The van der Waals surface area contributed by atoms with E-state index in [0.29, 0.717) is 33.5 Å². The van der Waals surface area contributed by atoms with Gasteiger partial charge in [-0.3, -0.25) is 4.79 Å². The molecule has 0 aliphatic carbocycles. The van der Waals surface area contributed by atoms with E-state index in [1.54, 1.807) is 54.6 Å². The predicted octanol–water partition coefficient (Wildman–Crippen LogP) is 5.96. The molecule has 7 heteroatoms. The van der Waals surface area contributed by atoms with E-state index < -0.39 is 5.97 Å². The lowest BCUT2D eigenvalue weighted by Crippen LogP contribution is -2.27. The first-order valence-corrected chi connectivity index (χ1v) is 10.2. The van der Waals surface area contributed by atoms with Crippen molar-refractivity contribution < 1.29 is 19.4 Å². The molecule has 0 saturated heterocycles. The van der Waals surface area contributed by atoms with Gasteiger partial charge in [-0.2, -0.15) is 0 Å². The Morgan fingerprint density at radius 1 is 0.935 bits per heavy atom. The molecule has 0 aliphatic rings. The molecule has 3 rings (SSSR count). The van der Waals surface area contributed by atoms with Crippen molar-refractivity contribution in [2.24, 2.45) is 0 Å². The van der Waals surface area contributed by atoms with Gasteiger partial charge in [-0.25, -0.2) is 4.79 Å². The fraction of sp³-hybridized carbons (Fsp3) is 0.0833. The third kappa shape index (κ3) is 6.88. The molecule has 5 nitrogen and oxygen atoms in total. The molecule has 3 aromatic carbocycles. The number of carboxylic acid groups (broad SMARTS) is 1. The van der Waals surface area contributed by atoms with Gasteiger partial charge in [0.05, 0.1) is 5.02 Å². The van der Waals surface area contributed by atoms with Crippen LogP contribution in [0.25, 0.3) is 6.08 Å². The first-order chi connectivity index (χ1) is 14.9. The number of hydrogen-bond donors (Lipinski definition) is 2. The first-order valence-electron chi connectivity index (χ1n) is 9.42. The zero-order chi connectivity index (χ0) is 22.2. The summed E-state index contributed by atoms with van der Waals surface area (Å²) in [4.78, 5) is 23.8. The van der Waals surface area contributed by atoms with Crippen molar-refractivity contribution in [2.75, 3.05) is 0 Å². The highest BCUT2D eigenvalue weighted by atomic mass is 35.5. The van der Waals surface area contributed by atoms with Crippen LogP contribution in [0.3, 0.4) is 0 Å². The number of halogens is 2. The summed E-state index contributed by atoms with van der Waals surface area (Å²) in [5.74, 6) is -0.542. The zero-order valence-electron chi connectivity index (χ0n) is 16.3. The first kappa shape index (κ1) is 22.4. The van der Waals surface area contributed by atoms with Crippen LogP contribution in [0.1, 0.15) is 17.5 Å². The number of ether oxygens (including phenoxy) is 1. The van der Waals surface area contributed by atoms with Crippen LogP contribution >= 0.6 is 23.2 Å². The van der Waals surface area contributed by atoms with Crippen LogP contribution in [0.15, 0.2) is 78.5 Å². The van der Waals surface area contributed by atoms with E-state index >= 15 is 0 Å². The molecular formula is C24H19Cl2NO4. The number of benzene rings is 3. The number of carboxylic acids is 1. The lowest BCUT2D eigenvalue weighted by Gasteiger charge is -2.08. The molecule has 0 radical (unpaired) electrons. The molecular weight excluding hydrogens is 437 g/mol. The average molecular weight is 456 g/mol. The quantitative estimate of drug-likeness (QED) is 0.410. The second kappa shape index (κ2) is 10.7. The van der Waals surface area contributed by atoms with Crippen LogP contribution in [-0.2, 0) is 16.0 Å². The summed E-state index contributed by atoms with van der Waals surface area (Å²) < 4.78 is 5.72. The minimum Gasteiger partial charge on any atom is -0.477 e. The van der Waals surface area contributed by atoms with Crippen LogP contribution in [0.4, 0.5) is 0 Å². The average Bonchev–Trinajstić information content (AvgIpc) is 2.75. The van der Waals surface area contributed by atoms with Gasteiger partial charge < -0.3 is 15.2 Å². The van der Waals surface area contributed by atoms with Crippen LogP contribution in [0.5, 0.6) is 11.5 Å². The summed E-state index contributed by atoms with van der Waals surface area (Å²) in [6.45, 7) is 0. The predicted molar refractivity (Wildman–Crippen MR) is 121 cm³/mol. The van der Waals surface area contributed by atoms with Crippen LogP contribution in [-0.4, -0.2) is 17.0 Å². The lowest BCUT2D eigenvalue weighted by molar-refractivity contribution is -0.134. The number of para-hydroxylation sites is 1. The summed E-state index contributed by atoms with van der Waals surface area (Å²) in [5.41, 5.74) is 1.33. The summed E-state index contributed by atoms with van der Waals surface area (Å²) in [5, 5.41) is 13.0. The van der Waals surface area contributed by atoms with Gasteiger partial charge in [-0.1, -0.05) is 59.6 Å². The van der Waals surface area contributed by atoms with Gasteiger partial charge in [0.15, 0.2) is 0 Å². The highest BCUT2D eigenvalue weighted by molar-refractivity contribution is 6.32. The topological polar surface area (TPSA) is 75.6 Å². The highest BCUT2D eigenvalue weighted by Gasteiger charge is 2.12. The number of rotatable bonds is 8. The largest absolute Gasteiger partial charge is 0.477 e. The molecule has 0 spiro atoms. The minimum atomic E-state index is -1.23. The fourth-order valence-corrected chi connectivity index (χ4v) is 3.03. The molecule has 0 bridgehead atoms. The van der Waals surface area contributed by atoms with Crippen molar-refractivity contribution in [3.63, 3.8) is 0 Å². The van der Waals surface area contributed by atoms with Gasteiger partial charge in [0.25, 0.3) is 0 Å². The van der Waals surface area contributed by atoms with Crippen molar-refractivity contribution in [1.82, 2.24) is 5.32 Å². The number of hydrogen-bond acceptors (Lipinski definition) is 3. The third-order valence-corrected chi connectivity index (χ3v) is 4.88. The number of carbonyl (C=O) groups is 2. The normalized spacial score (nSPS) is 11.1. The van der Waals surface area contributed by atoms with Crippen LogP contribution < -0.4 is 10.1 Å². The minimum absolute atomic E-state index is 0.150. The standard InChI is InChI=1S/C24H19Cl2NO4/c25-18-10-5-16(6-11-18)9-14-23(28)27-21(24(29)30)15-17-7-12-19(13-8-17)31-22-4-2-1-3-20(22)26/h1-8,10-13,15H,9,14H2,(H,27,28)(H,29,30)/b21-15+. The Balaban J connectivity index is 1.63. The lowest BCUT2D eigenvalue weighted by atomic mass is 10.1. The molecule has 1 amide bonds. The van der Waals surface area contributed by atoms with Crippen molar-refractivity contribution in [1.29, 1.82) is 0 Å². The molecule has 0 aromatic heterocycles. The molecule has 0 unspecified atom stereocenters. The summed E-state index contributed by atoms with van der Waals surface area (Å²) >= 11 is 11.9. The second-order valence-corrected chi connectivity index (χ2v) is 7.48. The maximum atomic E-state index is 12.2. The van der Waals surface area contributed by atoms with E-state index in [9.17, 15) is 14.7 Å². The molecule has 0 atom stereocenters. The van der Waals surface area contributed by atoms with Gasteiger partial charge in [0.2, 0.25) is 5.91 Å². The molecule has 2 N–H and O–H groups in total. The second-order valence-electron chi connectivity index (χ2n) is 6.64. The molecule has 0 aliphatic heterocycles. The van der Waals surface area contributed by atoms with E-state index in [1.807, 2.05) is 18.2 Å². The Bertz CT molecular complexity index is 1090. The number of nitrogens with one attached hydrogen (secondary N) is 1. The van der Waals surface area contributed by atoms with Crippen molar-refractivity contribution in [2.45, 2.75) is 12.8 Å². The fourth-order valence-electron chi connectivity index (χ4n) is 2.73. The van der Waals surface area contributed by atoms with E-state index in [-0.39, 0.29) is 18.0 Å². The Kier molecular flexibility index (Phi) is 7.70. The van der Waals surface area contributed by atoms with E-state index in [0.717, 1.165) is 5.56 Å². The SMILES string of the molecule is O=C(CCc1ccc(Cl)cc1)N/C(=C/c1ccc(Oc2ccccc2Cl)cc1)C(=O)O. The van der Waals surface area contributed by atoms with Gasteiger partial charge >= 0.3 is 5.97 Å². The Hall–Kier alpha value is -3.28. The van der Waals surface area contributed by atoms with E-state index in [1.165, 1.54) is 6.08 Å². The summed E-state index contributed by atoms with van der Waals surface area (Å²) in [6, 6.07) is 21.0. The van der Waals surface area contributed by atoms with Crippen LogP contribution in [0, 0.1) is 0 Å². The molecule has 3 aromatic rings. The molecule has 0 fully saturated rings.